The van der Waals surface area contributed by atoms with Crippen molar-refractivity contribution in [1.29, 1.82) is 5.26 Å². The predicted octanol–water partition coefficient (Wildman–Crippen LogP) is 2.89. The van der Waals surface area contributed by atoms with Crippen molar-refractivity contribution >= 4 is 23.4 Å². The van der Waals surface area contributed by atoms with Crippen LogP contribution >= 0.6 is 11.8 Å². The minimum Gasteiger partial charge on any atom is -0.380 e. The normalized spacial score (nSPS) is 10.0. The molecule has 0 aliphatic rings. The molecular formula is C16H14FN3OS. The van der Waals surface area contributed by atoms with Gasteiger partial charge in [0.15, 0.2) is 0 Å². The van der Waals surface area contributed by atoms with E-state index in [1.54, 1.807) is 0 Å². The second kappa shape index (κ2) is 7.48. The minimum atomic E-state index is -0.396. The molecule has 0 saturated heterocycles. The molecule has 0 bridgehead atoms. The summed E-state index contributed by atoms with van der Waals surface area (Å²) in [5.74, 6) is -0.585. The van der Waals surface area contributed by atoms with E-state index in [1.807, 2.05) is 30.3 Å². The van der Waals surface area contributed by atoms with E-state index in [0.717, 1.165) is 10.6 Å². The van der Waals surface area contributed by atoms with Gasteiger partial charge in [-0.2, -0.15) is 5.26 Å². The third-order valence-electron chi connectivity index (χ3n) is 2.90. The van der Waals surface area contributed by atoms with Crippen LogP contribution in [0.5, 0.6) is 0 Å². The zero-order chi connectivity index (χ0) is 15.9. The van der Waals surface area contributed by atoms with Gasteiger partial charge in [0.05, 0.1) is 17.4 Å². The molecule has 0 radical (unpaired) electrons. The van der Waals surface area contributed by atoms with Crippen molar-refractivity contribution in [3.05, 3.63) is 59.4 Å². The van der Waals surface area contributed by atoms with Crippen molar-refractivity contribution in [3.63, 3.8) is 0 Å². The van der Waals surface area contributed by atoms with Crippen LogP contribution in [-0.4, -0.2) is 11.7 Å². The summed E-state index contributed by atoms with van der Waals surface area (Å²) in [5, 5.41) is 12.0. The maximum absolute atomic E-state index is 13.7. The average Bonchev–Trinajstić information content (AvgIpc) is 2.53. The molecule has 0 aromatic heterocycles. The molecule has 0 spiro atoms. The number of carbonyl (C=O) groups excluding carboxylic acids is 1. The van der Waals surface area contributed by atoms with Crippen molar-refractivity contribution in [2.75, 3.05) is 11.1 Å². The van der Waals surface area contributed by atoms with E-state index >= 15 is 0 Å². The van der Waals surface area contributed by atoms with Crippen LogP contribution in [-0.2, 0) is 11.3 Å². The molecule has 0 atom stereocenters. The highest BCUT2D eigenvalue weighted by Crippen LogP contribution is 2.27. The lowest BCUT2D eigenvalue weighted by Crippen LogP contribution is -2.13. The largest absolute Gasteiger partial charge is 0.380 e. The number of rotatable bonds is 6. The molecule has 112 valence electrons. The van der Waals surface area contributed by atoms with E-state index in [9.17, 15) is 9.18 Å². The van der Waals surface area contributed by atoms with Crippen molar-refractivity contribution in [3.8, 4) is 6.07 Å². The van der Waals surface area contributed by atoms with Crippen LogP contribution in [0.15, 0.2) is 47.4 Å². The number of amides is 1. The molecule has 2 aromatic rings. The Balaban J connectivity index is 2.12. The van der Waals surface area contributed by atoms with Gasteiger partial charge < -0.3 is 11.1 Å². The third kappa shape index (κ3) is 4.24. The molecule has 22 heavy (non-hydrogen) atoms. The number of primary amides is 1. The van der Waals surface area contributed by atoms with Gasteiger partial charge in [-0.3, -0.25) is 4.79 Å². The van der Waals surface area contributed by atoms with Gasteiger partial charge >= 0.3 is 0 Å². The molecule has 0 saturated carbocycles. The smallest absolute Gasteiger partial charge is 0.227 e. The number of hydrogen-bond donors (Lipinski definition) is 2. The summed E-state index contributed by atoms with van der Waals surface area (Å²) in [7, 11) is 0. The Hall–Kier alpha value is -2.52. The first-order chi connectivity index (χ1) is 10.6. The number of nitrogens with one attached hydrogen (secondary N) is 1. The zero-order valence-corrected chi connectivity index (χ0v) is 12.5. The molecule has 0 fully saturated rings. The van der Waals surface area contributed by atoms with Crippen LogP contribution in [0.3, 0.4) is 0 Å². The molecule has 0 unspecified atom stereocenters. The maximum atomic E-state index is 13.7. The number of para-hydroxylation sites is 1. The van der Waals surface area contributed by atoms with Crippen molar-refractivity contribution in [2.24, 2.45) is 5.73 Å². The van der Waals surface area contributed by atoms with Crippen molar-refractivity contribution in [1.82, 2.24) is 0 Å². The van der Waals surface area contributed by atoms with Gasteiger partial charge in [0.1, 0.15) is 5.82 Å². The highest BCUT2D eigenvalue weighted by Gasteiger charge is 2.07. The summed E-state index contributed by atoms with van der Waals surface area (Å²) in [6, 6.07) is 13.6. The summed E-state index contributed by atoms with van der Waals surface area (Å²) >= 11 is 1.32. The Bertz CT molecular complexity index is 728. The van der Waals surface area contributed by atoms with Gasteiger partial charge in [-0.05, 0) is 30.3 Å². The summed E-state index contributed by atoms with van der Waals surface area (Å²) in [5.41, 5.74) is 6.76. The molecule has 2 rings (SSSR count). The third-order valence-corrected chi connectivity index (χ3v) is 4.00. The second-order valence-corrected chi connectivity index (χ2v) is 5.54. The number of nitrogens with zero attached hydrogens (tertiary/aromatic N) is 1. The van der Waals surface area contributed by atoms with Crippen LogP contribution in [0.25, 0.3) is 0 Å². The van der Waals surface area contributed by atoms with E-state index in [4.69, 9.17) is 11.0 Å². The van der Waals surface area contributed by atoms with Gasteiger partial charge in [-0.25, -0.2) is 4.39 Å². The van der Waals surface area contributed by atoms with Gasteiger partial charge in [-0.15, -0.1) is 11.8 Å². The Labute approximate surface area is 132 Å². The SMILES string of the molecule is N#Cc1ccc(F)c(CNc2ccccc2SCC(N)=O)c1. The van der Waals surface area contributed by atoms with Crippen LogP contribution < -0.4 is 11.1 Å². The standard InChI is InChI=1S/C16H14FN3OS/c17-13-6-5-11(8-18)7-12(13)9-20-14-3-1-2-4-15(14)22-10-16(19)21/h1-7,20H,9-10H2,(H2,19,21). The first-order valence-electron chi connectivity index (χ1n) is 6.52. The lowest BCUT2D eigenvalue weighted by Gasteiger charge is -2.12. The molecule has 4 nitrogen and oxygen atoms in total. The van der Waals surface area contributed by atoms with E-state index in [2.05, 4.69) is 5.32 Å². The summed E-state index contributed by atoms with van der Waals surface area (Å²) in [6.45, 7) is 0.246. The number of carbonyl (C=O) groups is 1. The second-order valence-electron chi connectivity index (χ2n) is 4.52. The molecule has 1 amide bonds. The van der Waals surface area contributed by atoms with Gasteiger partial charge in [0, 0.05) is 22.7 Å². The monoisotopic (exact) mass is 315 g/mol. The van der Waals surface area contributed by atoms with Crippen LogP contribution in [0.2, 0.25) is 0 Å². The summed E-state index contributed by atoms with van der Waals surface area (Å²) in [6.07, 6.45) is 0. The lowest BCUT2D eigenvalue weighted by molar-refractivity contribution is -0.115. The number of thioether (sulfide) groups is 1. The molecule has 0 aliphatic heterocycles. The Morgan fingerprint density at radius 1 is 1.32 bits per heavy atom. The minimum absolute atomic E-state index is 0.178. The van der Waals surface area contributed by atoms with Crippen LogP contribution in [0.4, 0.5) is 10.1 Å². The number of nitriles is 1. The molecule has 2 aromatic carbocycles. The first kappa shape index (κ1) is 15.9. The Morgan fingerprint density at radius 2 is 2.09 bits per heavy atom. The first-order valence-corrected chi connectivity index (χ1v) is 7.51. The van der Waals surface area contributed by atoms with Gasteiger partial charge in [-0.1, -0.05) is 12.1 Å². The number of nitrogens with two attached hydrogens (primary N) is 1. The quantitative estimate of drug-likeness (QED) is 0.803. The molecule has 6 heteroatoms. The van der Waals surface area contributed by atoms with E-state index in [-0.39, 0.29) is 18.1 Å². The molecule has 0 heterocycles. The highest BCUT2D eigenvalue weighted by atomic mass is 32.2. The van der Waals surface area contributed by atoms with E-state index < -0.39 is 5.91 Å². The zero-order valence-electron chi connectivity index (χ0n) is 11.7. The molecule has 3 N–H and O–H groups in total. The number of benzene rings is 2. The molecule has 0 aliphatic carbocycles. The summed E-state index contributed by atoms with van der Waals surface area (Å²) in [4.78, 5) is 11.7. The van der Waals surface area contributed by atoms with E-state index in [1.165, 1.54) is 30.0 Å². The van der Waals surface area contributed by atoms with Crippen LogP contribution in [0.1, 0.15) is 11.1 Å². The highest BCUT2D eigenvalue weighted by molar-refractivity contribution is 8.00. The Morgan fingerprint density at radius 3 is 2.82 bits per heavy atom. The fraction of sp³-hybridized carbons (Fsp3) is 0.125. The van der Waals surface area contributed by atoms with Gasteiger partial charge in [0.25, 0.3) is 0 Å². The number of anilines is 1. The van der Waals surface area contributed by atoms with Crippen molar-refractivity contribution in [2.45, 2.75) is 11.4 Å². The lowest BCUT2D eigenvalue weighted by atomic mass is 10.1. The fourth-order valence-electron chi connectivity index (χ4n) is 1.86. The van der Waals surface area contributed by atoms with Crippen LogP contribution in [0, 0.1) is 17.1 Å². The predicted molar refractivity (Wildman–Crippen MR) is 84.8 cm³/mol. The maximum Gasteiger partial charge on any atom is 0.227 e. The number of hydrogen-bond acceptors (Lipinski definition) is 4. The number of halogens is 1. The Kier molecular flexibility index (Phi) is 5.39. The topological polar surface area (TPSA) is 78.9 Å². The van der Waals surface area contributed by atoms with Crippen molar-refractivity contribution < 1.29 is 9.18 Å². The average molecular weight is 315 g/mol. The fourth-order valence-corrected chi connectivity index (χ4v) is 2.63. The summed E-state index contributed by atoms with van der Waals surface area (Å²) < 4.78 is 13.7. The van der Waals surface area contributed by atoms with Gasteiger partial charge in [0.2, 0.25) is 5.91 Å². The molecular weight excluding hydrogens is 301 g/mol. The van der Waals surface area contributed by atoms with E-state index in [0.29, 0.717) is 11.1 Å².